The molecule has 0 unspecified atom stereocenters. The van der Waals surface area contributed by atoms with Gasteiger partial charge in [0.15, 0.2) is 0 Å². The Bertz CT molecular complexity index is 566. The molecule has 1 aliphatic rings. The number of halogens is 1. The Morgan fingerprint density at radius 3 is 2.55 bits per heavy atom. The maximum absolute atomic E-state index is 3.69. The van der Waals surface area contributed by atoms with Crippen LogP contribution >= 0.6 is 27.7 Å². The first-order valence-corrected chi connectivity index (χ1v) is 8.77. The molecule has 1 fully saturated rings. The molecule has 0 radical (unpaired) electrons. The van der Waals surface area contributed by atoms with Crippen LogP contribution in [0.1, 0.15) is 24.0 Å². The molecule has 2 aromatic carbocycles. The molecule has 104 valence electrons. The molecular weight excluding hydrogens is 330 g/mol. The molecule has 3 rings (SSSR count). The Morgan fingerprint density at radius 1 is 1.05 bits per heavy atom. The molecule has 0 amide bonds. The Balaban J connectivity index is 1.58. The van der Waals surface area contributed by atoms with E-state index in [1.54, 1.807) is 0 Å². The van der Waals surface area contributed by atoms with Crippen molar-refractivity contribution in [3.8, 4) is 0 Å². The van der Waals surface area contributed by atoms with Gasteiger partial charge in [-0.25, -0.2) is 0 Å². The molecule has 3 heteroatoms. The van der Waals surface area contributed by atoms with Gasteiger partial charge in [-0.05, 0) is 52.0 Å². The summed E-state index contributed by atoms with van der Waals surface area (Å²) in [5, 5.41) is 3.55. The third-order valence-corrected chi connectivity index (χ3v) is 5.47. The summed E-state index contributed by atoms with van der Waals surface area (Å²) >= 11 is 5.57. The van der Waals surface area contributed by atoms with Gasteiger partial charge in [0.1, 0.15) is 0 Å². The highest BCUT2D eigenvalue weighted by atomic mass is 79.9. The minimum Gasteiger partial charge on any atom is -0.310 e. The highest BCUT2D eigenvalue weighted by Gasteiger charge is 2.19. The highest BCUT2D eigenvalue weighted by molar-refractivity contribution is 9.10. The SMILES string of the molecule is Brc1cc(CNC2CC2)ccc1SCc1ccccc1. The summed E-state index contributed by atoms with van der Waals surface area (Å²) in [5.41, 5.74) is 2.72. The van der Waals surface area contributed by atoms with Crippen molar-refractivity contribution in [3.63, 3.8) is 0 Å². The first-order chi connectivity index (χ1) is 9.81. The molecule has 1 aliphatic carbocycles. The van der Waals surface area contributed by atoms with Crippen molar-refractivity contribution in [2.75, 3.05) is 0 Å². The van der Waals surface area contributed by atoms with Crippen molar-refractivity contribution in [1.82, 2.24) is 5.32 Å². The number of rotatable bonds is 6. The summed E-state index contributed by atoms with van der Waals surface area (Å²) < 4.78 is 1.20. The standard InChI is InChI=1S/C17H18BrNS/c18-16-10-14(11-19-15-7-8-15)6-9-17(16)20-12-13-4-2-1-3-5-13/h1-6,9-10,15,19H,7-8,11-12H2. The maximum Gasteiger partial charge on any atom is 0.0314 e. The van der Waals surface area contributed by atoms with Gasteiger partial charge in [-0.3, -0.25) is 0 Å². The summed E-state index contributed by atoms with van der Waals surface area (Å²) in [6.45, 7) is 0.979. The highest BCUT2D eigenvalue weighted by Crippen LogP contribution is 2.31. The Labute approximate surface area is 133 Å². The molecule has 1 N–H and O–H groups in total. The van der Waals surface area contributed by atoms with Gasteiger partial charge in [-0.2, -0.15) is 0 Å². The lowest BCUT2D eigenvalue weighted by Gasteiger charge is -2.08. The van der Waals surface area contributed by atoms with Crippen molar-refractivity contribution in [2.24, 2.45) is 0 Å². The molecule has 0 aromatic heterocycles. The number of hydrogen-bond acceptors (Lipinski definition) is 2. The average Bonchev–Trinajstić information content (AvgIpc) is 3.29. The quantitative estimate of drug-likeness (QED) is 0.738. The fourth-order valence-corrected chi connectivity index (χ4v) is 3.70. The van der Waals surface area contributed by atoms with E-state index >= 15 is 0 Å². The van der Waals surface area contributed by atoms with Crippen LogP contribution in [0.3, 0.4) is 0 Å². The molecule has 0 atom stereocenters. The van der Waals surface area contributed by atoms with Crippen molar-refractivity contribution < 1.29 is 0 Å². The van der Waals surface area contributed by atoms with Crippen LogP contribution in [0.15, 0.2) is 57.9 Å². The van der Waals surface area contributed by atoms with Crippen LogP contribution in [0.2, 0.25) is 0 Å². The zero-order valence-corrected chi connectivity index (χ0v) is 13.7. The zero-order valence-electron chi connectivity index (χ0n) is 11.3. The number of nitrogens with one attached hydrogen (secondary N) is 1. The van der Waals surface area contributed by atoms with Gasteiger partial charge in [0.25, 0.3) is 0 Å². The van der Waals surface area contributed by atoms with Crippen LogP contribution in [-0.2, 0) is 12.3 Å². The van der Waals surface area contributed by atoms with Crippen LogP contribution < -0.4 is 5.32 Å². The largest absolute Gasteiger partial charge is 0.310 e. The van der Waals surface area contributed by atoms with Crippen molar-refractivity contribution >= 4 is 27.7 Å². The average molecular weight is 348 g/mol. The van der Waals surface area contributed by atoms with Crippen molar-refractivity contribution in [2.45, 2.75) is 36.1 Å². The van der Waals surface area contributed by atoms with Gasteiger partial charge in [-0.15, -0.1) is 11.8 Å². The van der Waals surface area contributed by atoms with E-state index in [1.165, 1.54) is 33.3 Å². The fourth-order valence-electron chi connectivity index (χ4n) is 2.06. The smallest absolute Gasteiger partial charge is 0.0314 e. The monoisotopic (exact) mass is 347 g/mol. The lowest BCUT2D eigenvalue weighted by Crippen LogP contribution is -2.15. The van der Waals surface area contributed by atoms with Crippen LogP contribution in [-0.4, -0.2) is 6.04 Å². The summed E-state index contributed by atoms with van der Waals surface area (Å²) in [4.78, 5) is 1.31. The van der Waals surface area contributed by atoms with Gasteiger partial charge in [0.2, 0.25) is 0 Å². The second kappa shape index (κ2) is 6.79. The first kappa shape index (κ1) is 14.2. The zero-order chi connectivity index (χ0) is 13.8. The third-order valence-electron chi connectivity index (χ3n) is 3.41. The van der Waals surface area contributed by atoms with E-state index in [0.29, 0.717) is 0 Å². The lowest BCUT2D eigenvalue weighted by molar-refractivity contribution is 0.687. The second-order valence-electron chi connectivity index (χ2n) is 5.19. The molecule has 1 saturated carbocycles. The molecule has 2 aromatic rings. The van der Waals surface area contributed by atoms with Crippen LogP contribution in [0.4, 0.5) is 0 Å². The van der Waals surface area contributed by atoms with E-state index in [9.17, 15) is 0 Å². The van der Waals surface area contributed by atoms with Crippen LogP contribution in [0.25, 0.3) is 0 Å². The second-order valence-corrected chi connectivity index (χ2v) is 7.07. The van der Waals surface area contributed by atoms with Crippen LogP contribution in [0.5, 0.6) is 0 Å². The minimum atomic E-state index is 0.765. The molecule has 0 aliphatic heterocycles. The van der Waals surface area contributed by atoms with Gasteiger partial charge >= 0.3 is 0 Å². The molecule has 0 spiro atoms. The predicted molar refractivity (Wildman–Crippen MR) is 90.0 cm³/mol. The Morgan fingerprint density at radius 2 is 1.85 bits per heavy atom. The summed E-state index contributed by atoms with van der Waals surface area (Å²) in [7, 11) is 0. The molecule has 1 nitrogen and oxygen atoms in total. The summed E-state index contributed by atoms with van der Waals surface area (Å²) in [5.74, 6) is 1.01. The van der Waals surface area contributed by atoms with Crippen LogP contribution in [0, 0.1) is 0 Å². The van der Waals surface area contributed by atoms with E-state index in [1.807, 2.05) is 11.8 Å². The van der Waals surface area contributed by atoms with Gasteiger partial charge < -0.3 is 5.32 Å². The molecule has 0 bridgehead atoms. The molecule has 20 heavy (non-hydrogen) atoms. The molecule has 0 heterocycles. The van der Waals surface area contributed by atoms with E-state index < -0.39 is 0 Å². The first-order valence-electron chi connectivity index (χ1n) is 7.00. The summed E-state index contributed by atoms with van der Waals surface area (Å²) in [6.07, 6.45) is 2.68. The third kappa shape index (κ3) is 4.11. The predicted octanol–water partition coefficient (Wildman–Crippen LogP) is 4.99. The van der Waals surface area contributed by atoms with E-state index in [-0.39, 0.29) is 0 Å². The normalized spacial score (nSPS) is 14.4. The van der Waals surface area contributed by atoms with E-state index in [4.69, 9.17) is 0 Å². The molecule has 0 saturated heterocycles. The summed E-state index contributed by atoms with van der Waals surface area (Å²) in [6, 6.07) is 18.1. The fraction of sp³-hybridized carbons (Fsp3) is 0.294. The topological polar surface area (TPSA) is 12.0 Å². The lowest BCUT2D eigenvalue weighted by atomic mass is 10.2. The van der Waals surface area contributed by atoms with E-state index in [2.05, 4.69) is 69.8 Å². The minimum absolute atomic E-state index is 0.765. The van der Waals surface area contributed by atoms with E-state index in [0.717, 1.165) is 18.3 Å². The number of hydrogen-bond donors (Lipinski definition) is 1. The Hall–Kier alpha value is -0.770. The Kier molecular flexibility index (Phi) is 4.81. The van der Waals surface area contributed by atoms with Gasteiger partial charge in [-0.1, -0.05) is 36.4 Å². The van der Waals surface area contributed by atoms with Gasteiger partial charge in [0, 0.05) is 27.7 Å². The number of thioether (sulfide) groups is 1. The molecular formula is C17H18BrNS. The van der Waals surface area contributed by atoms with Crippen molar-refractivity contribution in [1.29, 1.82) is 0 Å². The number of benzene rings is 2. The van der Waals surface area contributed by atoms with Crippen molar-refractivity contribution in [3.05, 3.63) is 64.1 Å². The maximum atomic E-state index is 3.69. The van der Waals surface area contributed by atoms with Gasteiger partial charge in [0.05, 0.1) is 0 Å².